The van der Waals surface area contributed by atoms with E-state index in [0.29, 0.717) is 24.6 Å². The van der Waals surface area contributed by atoms with Crippen LogP contribution in [0.2, 0.25) is 0 Å². The van der Waals surface area contributed by atoms with Crippen molar-refractivity contribution in [1.82, 2.24) is 24.6 Å². The molecule has 0 spiro atoms. The molecular weight excluding hydrogens is 368 g/mol. The lowest BCUT2D eigenvalue weighted by Crippen LogP contribution is -2.41. The number of ether oxygens (including phenoxy) is 1. The van der Waals surface area contributed by atoms with Crippen molar-refractivity contribution in [2.75, 3.05) is 12.3 Å². The molecule has 0 radical (unpaired) electrons. The van der Waals surface area contributed by atoms with E-state index in [0.717, 1.165) is 29.5 Å². The Balaban J connectivity index is 1.68. The fraction of sp³-hybridized carbons (Fsp3) is 0.429. The van der Waals surface area contributed by atoms with E-state index in [-0.39, 0.29) is 12.1 Å². The van der Waals surface area contributed by atoms with E-state index in [1.807, 2.05) is 55.8 Å². The van der Waals surface area contributed by atoms with Crippen LogP contribution in [-0.4, -0.2) is 48.9 Å². The van der Waals surface area contributed by atoms with Gasteiger partial charge in [0.05, 0.1) is 18.0 Å². The van der Waals surface area contributed by atoms with Gasteiger partial charge in [0.1, 0.15) is 23.4 Å². The SMILES string of the molecule is CC(C)(C)OC(=O)N1CCCC1Cn1nc(-c2ccccc2)c2c(N)ncnc21. The largest absolute Gasteiger partial charge is 0.444 e. The molecule has 3 aromatic rings. The van der Waals surface area contributed by atoms with Crippen LogP contribution in [0.3, 0.4) is 0 Å². The van der Waals surface area contributed by atoms with Gasteiger partial charge in [0.2, 0.25) is 0 Å². The summed E-state index contributed by atoms with van der Waals surface area (Å²) in [6, 6.07) is 9.85. The van der Waals surface area contributed by atoms with Gasteiger partial charge in [-0.15, -0.1) is 0 Å². The highest BCUT2D eigenvalue weighted by Crippen LogP contribution is 2.31. The Bertz CT molecular complexity index is 1020. The van der Waals surface area contributed by atoms with E-state index in [1.54, 1.807) is 4.90 Å². The Morgan fingerprint density at radius 2 is 2.00 bits per heavy atom. The van der Waals surface area contributed by atoms with E-state index >= 15 is 0 Å². The maximum atomic E-state index is 12.6. The van der Waals surface area contributed by atoms with Crippen LogP contribution in [-0.2, 0) is 11.3 Å². The van der Waals surface area contributed by atoms with Crippen molar-refractivity contribution >= 4 is 22.9 Å². The number of nitrogens with two attached hydrogens (primary N) is 1. The molecule has 1 atom stereocenters. The van der Waals surface area contributed by atoms with Gasteiger partial charge in [-0.05, 0) is 33.6 Å². The minimum atomic E-state index is -0.523. The molecule has 3 heterocycles. The molecule has 0 aliphatic carbocycles. The highest BCUT2D eigenvalue weighted by molar-refractivity contribution is 5.98. The first kappa shape index (κ1) is 19.2. The number of amides is 1. The van der Waals surface area contributed by atoms with Gasteiger partial charge >= 0.3 is 6.09 Å². The maximum absolute atomic E-state index is 12.6. The van der Waals surface area contributed by atoms with Crippen molar-refractivity contribution in [3.63, 3.8) is 0 Å². The molecule has 0 saturated carbocycles. The molecule has 1 aromatic carbocycles. The highest BCUT2D eigenvalue weighted by atomic mass is 16.6. The lowest BCUT2D eigenvalue weighted by atomic mass is 10.1. The Morgan fingerprint density at radius 1 is 1.24 bits per heavy atom. The van der Waals surface area contributed by atoms with Gasteiger partial charge in [0.25, 0.3) is 0 Å². The minimum absolute atomic E-state index is 0.00670. The van der Waals surface area contributed by atoms with Gasteiger partial charge < -0.3 is 15.4 Å². The summed E-state index contributed by atoms with van der Waals surface area (Å²) >= 11 is 0. The van der Waals surface area contributed by atoms with Gasteiger partial charge in [-0.1, -0.05) is 30.3 Å². The minimum Gasteiger partial charge on any atom is -0.444 e. The zero-order chi connectivity index (χ0) is 20.6. The first-order valence-electron chi connectivity index (χ1n) is 9.85. The maximum Gasteiger partial charge on any atom is 0.410 e. The molecule has 1 aliphatic rings. The number of aromatic nitrogens is 4. The summed E-state index contributed by atoms with van der Waals surface area (Å²) in [6.07, 6.45) is 2.99. The number of anilines is 1. The number of hydrogen-bond acceptors (Lipinski definition) is 6. The number of nitrogens with zero attached hydrogens (tertiary/aromatic N) is 5. The molecule has 1 unspecified atom stereocenters. The number of benzene rings is 1. The van der Waals surface area contributed by atoms with Crippen molar-refractivity contribution in [2.24, 2.45) is 0 Å². The summed E-state index contributed by atoms with van der Waals surface area (Å²) in [5, 5.41) is 5.54. The van der Waals surface area contributed by atoms with Crippen LogP contribution in [0.1, 0.15) is 33.6 Å². The zero-order valence-corrected chi connectivity index (χ0v) is 17.0. The van der Waals surface area contributed by atoms with Crippen LogP contribution in [0.25, 0.3) is 22.3 Å². The van der Waals surface area contributed by atoms with E-state index < -0.39 is 5.60 Å². The fourth-order valence-electron chi connectivity index (χ4n) is 3.74. The molecule has 4 rings (SSSR count). The molecular formula is C21H26N6O2. The van der Waals surface area contributed by atoms with Crippen molar-refractivity contribution in [3.8, 4) is 11.3 Å². The number of rotatable bonds is 3. The summed E-state index contributed by atoms with van der Waals surface area (Å²) < 4.78 is 7.42. The van der Waals surface area contributed by atoms with E-state index in [9.17, 15) is 4.79 Å². The Labute approximate surface area is 169 Å². The van der Waals surface area contributed by atoms with E-state index in [1.165, 1.54) is 6.33 Å². The molecule has 152 valence electrons. The van der Waals surface area contributed by atoms with Crippen LogP contribution < -0.4 is 5.73 Å². The smallest absolute Gasteiger partial charge is 0.410 e. The average Bonchev–Trinajstić information content (AvgIpc) is 3.27. The van der Waals surface area contributed by atoms with Gasteiger partial charge in [-0.2, -0.15) is 5.10 Å². The Hall–Kier alpha value is -3.16. The number of fused-ring (bicyclic) bond motifs is 1. The quantitative estimate of drug-likeness (QED) is 0.730. The molecule has 1 amide bonds. The van der Waals surface area contributed by atoms with Gasteiger partial charge in [-0.25, -0.2) is 19.4 Å². The molecule has 2 N–H and O–H groups in total. The van der Waals surface area contributed by atoms with Crippen LogP contribution in [0, 0.1) is 0 Å². The number of carbonyl (C=O) groups excluding carboxylic acids is 1. The summed E-state index contributed by atoms with van der Waals surface area (Å²) in [7, 11) is 0. The van der Waals surface area contributed by atoms with Gasteiger partial charge in [0.15, 0.2) is 5.65 Å². The molecule has 2 aromatic heterocycles. The number of hydrogen-bond donors (Lipinski definition) is 1. The highest BCUT2D eigenvalue weighted by Gasteiger charge is 2.33. The van der Waals surface area contributed by atoms with Crippen molar-refractivity contribution in [1.29, 1.82) is 0 Å². The number of nitrogen functional groups attached to an aromatic ring is 1. The molecule has 0 bridgehead atoms. The Kier molecular flexibility index (Phi) is 4.86. The molecule has 1 aliphatic heterocycles. The van der Waals surface area contributed by atoms with Gasteiger partial charge in [0, 0.05) is 12.1 Å². The molecule has 29 heavy (non-hydrogen) atoms. The predicted molar refractivity (Wildman–Crippen MR) is 111 cm³/mol. The fourth-order valence-corrected chi connectivity index (χ4v) is 3.74. The van der Waals surface area contributed by atoms with E-state index in [4.69, 9.17) is 15.6 Å². The normalized spacial score (nSPS) is 17.1. The average molecular weight is 394 g/mol. The third-order valence-corrected chi connectivity index (χ3v) is 4.99. The lowest BCUT2D eigenvalue weighted by Gasteiger charge is -2.28. The third-order valence-electron chi connectivity index (χ3n) is 4.99. The van der Waals surface area contributed by atoms with Crippen molar-refractivity contribution < 1.29 is 9.53 Å². The summed E-state index contributed by atoms with van der Waals surface area (Å²) in [5.74, 6) is 0.399. The van der Waals surface area contributed by atoms with E-state index in [2.05, 4.69) is 9.97 Å². The summed E-state index contributed by atoms with van der Waals surface area (Å²) in [6.45, 7) is 6.84. The molecule has 8 heteroatoms. The lowest BCUT2D eigenvalue weighted by molar-refractivity contribution is 0.0212. The summed E-state index contributed by atoms with van der Waals surface area (Å²) in [5.41, 5.74) is 8.02. The summed E-state index contributed by atoms with van der Waals surface area (Å²) in [4.78, 5) is 23.0. The first-order valence-corrected chi connectivity index (χ1v) is 9.85. The second kappa shape index (κ2) is 7.35. The van der Waals surface area contributed by atoms with Crippen LogP contribution in [0.5, 0.6) is 0 Å². The zero-order valence-electron chi connectivity index (χ0n) is 17.0. The standard InChI is InChI=1S/C21H26N6O2/c1-21(2,3)29-20(28)26-11-7-10-15(26)12-27-19-16(18(22)23-13-24-19)17(25-27)14-8-5-4-6-9-14/h4-6,8-9,13,15H,7,10-12H2,1-3H3,(H2,22,23,24). The monoisotopic (exact) mass is 394 g/mol. The third kappa shape index (κ3) is 3.87. The van der Waals surface area contributed by atoms with Crippen LogP contribution in [0.4, 0.5) is 10.6 Å². The van der Waals surface area contributed by atoms with Crippen LogP contribution >= 0.6 is 0 Å². The number of likely N-dealkylation sites (tertiary alicyclic amines) is 1. The Morgan fingerprint density at radius 3 is 2.72 bits per heavy atom. The molecule has 8 nitrogen and oxygen atoms in total. The predicted octanol–water partition coefficient (Wildman–Crippen LogP) is 3.48. The van der Waals surface area contributed by atoms with Crippen molar-refractivity contribution in [3.05, 3.63) is 36.7 Å². The second-order valence-electron chi connectivity index (χ2n) is 8.32. The van der Waals surface area contributed by atoms with Gasteiger partial charge in [-0.3, -0.25) is 0 Å². The molecule has 1 saturated heterocycles. The van der Waals surface area contributed by atoms with Crippen molar-refractivity contribution in [2.45, 2.75) is 51.8 Å². The van der Waals surface area contributed by atoms with Crippen LogP contribution in [0.15, 0.2) is 36.7 Å². The number of carbonyl (C=O) groups is 1. The second-order valence-corrected chi connectivity index (χ2v) is 8.32. The molecule has 1 fully saturated rings. The topological polar surface area (TPSA) is 99.2 Å². The first-order chi connectivity index (χ1) is 13.8.